The van der Waals surface area contributed by atoms with Crippen molar-refractivity contribution in [2.24, 2.45) is 0 Å². The van der Waals surface area contributed by atoms with Gasteiger partial charge in [-0.2, -0.15) is 5.10 Å². The van der Waals surface area contributed by atoms with Gasteiger partial charge in [0.15, 0.2) is 0 Å². The third-order valence-electron chi connectivity index (χ3n) is 3.09. The molecular weight excluding hydrogens is 242 g/mol. The van der Waals surface area contributed by atoms with Crippen molar-refractivity contribution in [2.75, 3.05) is 6.54 Å². The second-order valence-corrected chi connectivity index (χ2v) is 6.12. The number of carbonyl (C=O) groups is 1. The van der Waals surface area contributed by atoms with Crippen LogP contribution in [0.2, 0.25) is 0 Å². The zero-order valence-corrected chi connectivity index (χ0v) is 12.6. The fraction of sp³-hybridized carbons (Fsp3) is 0.714. The van der Waals surface area contributed by atoms with Crippen molar-refractivity contribution >= 4 is 5.97 Å². The normalized spacial score (nSPS) is 12.4. The Morgan fingerprint density at radius 3 is 2.53 bits per heavy atom. The molecule has 0 aliphatic rings. The number of hydrogen-bond donors (Lipinski definition) is 1. The third kappa shape index (κ3) is 5.03. The molecule has 0 bridgehead atoms. The Kier molecular flexibility index (Phi) is 5.11. The van der Waals surface area contributed by atoms with E-state index in [4.69, 9.17) is 5.11 Å². The first-order chi connectivity index (χ1) is 8.70. The van der Waals surface area contributed by atoms with Crippen molar-refractivity contribution in [1.82, 2.24) is 14.7 Å². The summed E-state index contributed by atoms with van der Waals surface area (Å²) >= 11 is 0. The van der Waals surface area contributed by atoms with E-state index >= 15 is 0 Å². The summed E-state index contributed by atoms with van der Waals surface area (Å²) in [6, 6.07) is 2.34. The van der Waals surface area contributed by atoms with Crippen LogP contribution in [0.15, 0.2) is 12.3 Å². The number of aromatic nitrogens is 2. The van der Waals surface area contributed by atoms with E-state index in [2.05, 4.69) is 44.6 Å². The second kappa shape index (κ2) is 6.19. The maximum absolute atomic E-state index is 10.7. The SMILES string of the molecule is CC(C)n1ccc(CN(CCC(=O)O)C(C)(C)C)n1. The van der Waals surface area contributed by atoms with Crippen LogP contribution in [0.3, 0.4) is 0 Å². The predicted octanol–water partition coefficient (Wildman–Crippen LogP) is 2.54. The Bertz CT molecular complexity index is 419. The molecule has 0 atom stereocenters. The van der Waals surface area contributed by atoms with Crippen LogP contribution in [0.4, 0.5) is 0 Å². The zero-order chi connectivity index (χ0) is 14.6. The molecule has 0 aliphatic carbocycles. The van der Waals surface area contributed by atoms with Crippen molar-refractivity contribution in [3.05, 3.63) is 18.0 Å². The van der Waals surface area contributed by atoms with Gasteiger partial charge >= 0.3 is 5.97 Å². The summed E-state index contributed by atoms with van der Waals surface area (Å²) in [6.45, 7) is 11.7. The second-order valence-electron chi connectivity index (χ2n) is 6.12. The van der Waals surface area contributed by atoms with Crippen LogP contribution in [-0.2, 0) is 11.3 Å². The van der Waals surface area contributed by atoms with Gasteiger partial charge in [0.1, 0.15) is 0 Å². The van der Waals surface area contributed by atoms with Gasteiger partial charge in [0.05, 0.1) is 12.1 Å². The number of rotatable bonds is 6. The van der Waals surface area contributed by atoms with Crippen molar-refractivity contribution in [3.8, 4) is 0 Å². The van der Waals surface area contributed by atoms with E-state index in [1.54, 1.807) is 0 Å². The minimum Gasteiger partial charge on any atom is -0.481 e. The largest absolute Gasteiger partial charge is 0.481 e. The molecule has 0 amide bonds. The number of carboxylic acid groups (broad SMARTS) is 1. The Labute approximate surface area is 115 Å². The molecule has 0 aromatic carbocycles. The molecule has 0 radical (unpaired) electrons. The molecule has 1 aromatic heterocycles. The quantitative estimate of drug-likeness (QED) is 0.860. The molecule has 1 rings (SSSR count). The average molecular weight is 267 g/mol. The van der Waals surface area contributed by atoms with E-state index in [1.165, 1.54) is 0 Å². The monoisotopic (exact) mass is 267 g/mol. The lowest BCUT2D eigenvalue weighted by Crippen LogP contribution is -2.42. The Hall–Kier alpha value is -1.36. The van der Waals surface area contributed by atoms with Crippen molar-refractivity contribution in [2.45, 2.75) is 59.2 Å². The molecule has 0 fully saturated rings. The first kappa shape index (κ1) is 15.7. The van der Waals surface area contributed by atoms with Gasteiger partial charge in [0.25, 0.3) is 0 Å². The van der Waals surface area contributed by atoms with Gasteiger partial charge in [-0.05, 0) is 40.7 Å². The molecule has 0 saturated heterocycles. The molecule has 0 spiro atoms. The number of nitrogens with zero attached hydrogens (tertiary/aromatic N) is 3. The van der Waals surface area contributed by atoms with Crippen LogP contribution in [0.5, 0.6) is 0 Å². The van der Waals surface area contributed by atoms with Gasteiger partial charge in [0.2, 0.25) is 0 Å². The highest BCUT2D eigenvalue weighted by Crippen LogP contribution is 2.17. The van der Waals surface area contributed by atoms with Gasteiger partial charge in [-0.3, -0.25) is 14.4 Å². The van der Waals surface area contributed by atoms with Crippen LogP contribution in [0, 0.1) is 0 Å². The minimum atomic E-state index is -0.762. The topological polar surface area (TPSA) is 58.4 Å². The van der Waals surface area contributed by atoms with Crippen LogP contribution in [0.25, 0.3) is 0 Å². The molecule has 1 aromatic rings. The van der Waals surface area contributed by atoms with Crippen molar-refractivity contribution in [3.63, 3.8) is 0 Å². The summed E-state index contributed by atoms with van der Waals surface area (Å²) in [5, 5.41) is 13.3. The van der Waals surface area contributed by atoms with Crippen molar-refractivity contribution in [1.29, 1.82) is 0 Å². The van der Waals surface area contributed by atoms with E-state index in [0.717, 1.165) is 5.69 Å². The minimum absolute atomic E-state index is 0.0724. The summed E-state index contributed by atoms with van der Waals surface area (Å²) in [6.07, 6.45) is 2.13. The lowest BCUT2D eigenvalue weighted by molar-refractivity contribution is -0.137. The molecule has 0 unspecified atom stereocenters. The molecule has 5 heteroatoms. The first-order valence-electron chi connectivity index (χ1n) is 6.71. The number of carboxylic acids is 1. The summed E-state index contributed by atoms with van der Waals surface area (Å²) in [4.78, 5) is 12.9. The summed E-state index contributed by atoms with van der Waals surface area (Å²) in [7, 11) is 0. The smallest absolute Gasteiger partial charge is 0.304 e. The Morgan fingerprint density at radius 2 is 2.11 bits per heavy atom. The lowest BCUT2D eigenvalue weighted by Gasteiger charge is -2.34. The van der Waals surface area contributed by atoms with Crippen LogP contribution >= 0.6 is 0 Å². The molecule has 1 heterocycles. The molecular formula is C14H25N3O2. The van der Waals surface area contributed by atoms with E-state index in [1.807, 2.05) is 16.9 Å². The van der Waals surface area contributed by atoms with E-state index < -0.39 is 5.97 Å². The van der Waals surface area contributed by atoms with Gasteiger partial charge in [0, 0.05) is 30.9 Å². The predicted molar refractivity (Wildman–Crippen MR) is 75.0 cm³/mol. The van der Waals surface area contributed by atoms with E-state index in [-0.39, 0.29) is 12.0 Å². The van der Waals surface area contributed by atoms with E-state index in [0.29, 0.717) is 19.1 Å². The average Bonchev–Trinajstić information content (AvgIpc) is 2.70. The van der Waals surface area contributed by atoms with Gasteiger partial charge < -0.3 is 5.11 Å². The van der Waals surface area contributed by atoms with Crippen LogP contribution in [-0.4, -0.2) is 37.8 Å². The number of aliphatic carboxylic acids is 1. The van der Waals surface area contributed by atoms with Gasteiger partial charge in [-0.15, -0.1) is 0 Å². The number of hydrogen-bond acceptors (Lipinski definition) is 3. The van der Waals surface area contributed by atoms with E-state index in [9.17, 15) is 4.79 Å². The zero-order valence-electron chi connectivity index (χ0n) is 12.6. The molecule has 0 aliphatic heterocycles. The highest BCUT2D eigenvalue weighted by atomic mass is 16.4. The highest BCUT2D eigenvalue weighted by molar-refractivity contribution is 5.66. The Morgan fingerprint density at radius 1 is 1.47 bits per heavy atom. The maximum atomic E-state index is 10.7. The summed E-state index contributed by atoms with van der Waals surface area (Å²) in [5.41, 5.74) is 0.908. The van der Waals surface area contributed by atoms with Crippen LogP contribution < -0.4 is 0 Å². The van der Waals surface area contributed by atoms with Crippen LogP contribution in [0.1, 0.15) is 52.8 Å². The first-order valence-corrected chi connectivity index (χ1v) is 6.71. The molecule has 0 saturated carbocycles. The Balaban J connectivity index is 2.73. The molecule has 1 N–H and O–H groups in total. The molecule has 5 nitrogen and oxygen atoms in total. The summed E-state index contributed by atoms with van der Waals surface area (Å²) in [5.74, 6) is -0.762. The molecule has 19 heavy (non-hydrogen) atoms. The fourth-order valence-electron chi connectivity index (χ4n) is 1.83. The lowest BCUT2D eigenvalue weighted by atomic mass is 10.1. The fourth-order valence-corrected chi connectivity index (χ4v) is 1.83. The van der Waals surface area contributed by atoms with Crippen molar-refractivity contribution < 1.29 is 9.90 Å². The highest BCUT2D eigenvalue weighted by Gasteiger charge is 2.22. The standard InChI is InChI=1S/C14H25N3O2/c1-11(2)17-9-6-12(15-17)10-16(14(3,4)5)8-7-13(18)19/h6,9,11H,7-8,10H2,1-5H3,(H,18,19). The van der Waals surface area contributed by atoms with Gasteiger partial charge in [-0.1, -0.05) is 0 Å². The van der Waals surface area contributed by atoms with Gasteiger partial charge in [-0.25, -0.2) is 0 Å². The molecule has 108 valence electrons. The third-order valence-corrected chi connectivity index (χ3v) is 3.09. The maximum Gasteiger partial charge on any atom is 0.304 e. The summed E-state index contributed by atoms with van der Waals surface area (Å²) < 4.78 is 1.92.